The normalized spacial score (nSPS) is 13.5. The summed E-state index contributed by atoms with van der Waals surface area (Å²) in [5.41, 5.74) is 7.17. The van der Waals surface area contributed by atoms with Crippen molar-refractivity contribution in [1.29, 1.82) is 0 Å². The summed E-state index contributed by atoms with van der Waals surface area (Å²) < 4.78 is 27.2. The zero-order chi connectivity index (χ0) is 22.5. The quantitative estimate of drug-likeness (QED) is 0.469. The Hall–Kier alpha value is -3.23. The van der Waals surface area contributed by atoms with Crippen LogP contribution in [0.1, 0.15) is 18.4 Å². The molecule has 0 spiro atoms. The fraction of sp³-hybridized carbons (Fsp3) is 0.217. The number of carbonyl (C=O) groups is 2. The SMILES string of the molecule is N[C@@](CCC(=O)O)(C(=O)NCCc1ccccc1)S(=O)(=O)c1cccc2ccccc12. The second-order valence-corrected chi connectivity index (χ2v) is 9.43. The van der Waals surface area contributed by atoms with Crippen molar-refractivity contribution in [3.8, 4) is 0 Å². The fourth-order valence-corrected chi connectivity index (χ4v) is 5.22. The number of nitrogens with two attached hydrogens (primary N) is 1. The minimum absolute atomic E-state index is 0.100. The van der Waals surface area contributed by atoms with E-state index >= 15 is 0 Å². The lowest BCUT2D eigenvalue weighted by atomic mass is 10.1. The van der Waals surface area contributed by atoms with Crippen molar-refractivity contribution in [2.24, 2.45) is 5.73 Å². The monoisotopic (exact) mass is 440 g/mol. The molecule has 0 saturated carbocycles. The second kappa shape index (κ2) is 9.28. The third-order valence-corrected chi connectivity index (χ3v) is 7.44. The van der Waals surface area contributed by atoms with Crippen molar-refractivity contribution in [3.05, 3.63) is 78.4 Å². The molecule has 3 aromatic rings. The molecule has 0 aliphatic carbocycles. The molecule has 0 unspecified atom stereocenters. The Labute approximate surface area is 180 Å². The number of nitrogens with one attached hydrogen (secondary N) is 1. The van der Waals surface area contributed by atoms with Crippen LogP contribution in [0.3, 0.4) is 0 Å². The maximum Gasteiger partial charge on any atom is 0.303 e. The Kier molecular flexibility index (Phi) is 6.72. The van der Waals surface area contributed by atoms with Gasteiger partial charge in [0.15, 0.2) is 0 Å². The third kappa shape index (κ3) is 4.76. The van der Waals surface area contributed by atoms with Gasteiger partial charge >= 0.3 is 5.97 Å². The van der Waals surface area contributed by atoms with Crippen LogP contribution in [0.15, 0.2) is 77.7 Å². The highest BCUT2D eigenvalue weighted by Crippen LogP contribution is 2.31. The maximum absolute atomic E-state index is 13.6. The molecule has 4 N–H and O–H groups in total. The summed E-state index contributed by atoms with van der Waals surface area (Å²) >= 11 is 0. The molecule has 0 aliphatic rings. The topological polar surface area (TPSA) is 127 Å². The minimum atomic E-state index is -4.41. The number of carboxylic acid groups (broad SMARTS) is 1. The number of hydrogen-bond acceptors (Lipinski definition) is 5. The first-order valence-electron chi connectivity index (χ1n) is 9.81. The molecule has 3 aromatic carbocycles. The predicted octanol–water partition coefficient (Wildman–Crippen LogP) is 2.49. The van der Waals surface area contributed by atoms with Gasteiger partial charge in [0.05, 0.1) is 4.90 Å². The smallest absolute Gasteiger partial charge is 0.303 e. The van der Waals surface area contributed by atoms with Crippen LogP contribution >= 0.6 is 0 Å². The lowest BCUT2D eigenvalue weighted by molar-refractivity contribution is -0.137. The van der Waals surface area contributed by atoms with Crippen LogP contribution in [-0.4, -0.2) is 36.8 Å². The first-order valence-corrected chi connectivity index (χ1v) is 11.3. The molecule has 0 aliphatic heterocycles. The number of carboxylic acids is 1. The lowest BCUT2D eigenvalue weighted by Gasteiger charge is -2.28. The summed E-state index contributed by atoms with van der Waals surface area (Å²) in [6.45, 7) is 0.167. The molecule has 8 heteroatoms. The lowest BCUT2D eigenvalue weighted by Crippen LogP contribution is -2.59. The fourth-order valence-electron chi connectivity index (χ4n) is 3.40. The number of aliphatic carboxylic acids is 1. The second-order valence-electron chi connectivity index (χ2n) is 7.26. The van der Waals surface area contributed by atoms with E-state index in [-0.39, 0.29) is 11.4 Å². The first-order chi connectivity index (χ1) is 14.8. The van der Waals surface area contributed by atoms with Crippen LogP contribution < -0.4 is 11.1 Å². The van der Waals surface area contributed by atoms with Crippen LogP contribution in [0.5, 0.6) is 0 Å². The van der Waals surface area contributed by atoms with Gasteiger partial charge in [0.1, 0.15) is 0 Å². The van der Waals surface area contributed by atoms with Gasteiger partial charge in [-0.05, 0) is 29.9 Å². The summed E-state index contributed by atoms with van der Waals surface area (Å²) in [4.78, 5) is 21.7. The summed E-state index contributed by atoms with van der Waals surface area (Å²) in [6.07, 6.45) is -0.631. The van der Waals surface area contributed by atoms with Crippen molar-refractivity contribution >= 4 is 32.5 Å². The highest BCUT2D eigenvalue weighted by atomic mass is 32.2. The van der Waals surface area contributed by atoms with E-state index in [0.29, 0.717) is 17.2 Å². The Morgan fingerprint density at radius 3 is 2.29 bits per heavy atom. The van der Waals surface area contributed by atoms with Crippen molar-refractivity contribution in [1.82, 2.24) is 5.32 Å². The standard InChI is InChI=1S/C23H24N2O5S/c24-23(15-13-21(26)27,22(28)25-16-14-17-7-2-1-3-8-17)31(29,30)20-12-6-10-18-9-4-5-11-19(18)20/h1-12H,13-16,24H2,(H,25,28)(H,26,27)/t23-/m1/s1. The van der Waals surface area contributed by atoms with Gasteiger partial charge in [-0.25, -0.2) is 8.42 Å². The van der Waals surface area contributed by atoms with Crippen molar-refractivity contribution in [3.63, 3.8) is 0 Å². The number of fused-ring (bicyclic) bond motifs is 1. The molecule has 1 atom stereocenters. The molecule has 0 fully saturated rings. The zero-order valence-electron chi connectivity index (χ0n) is 16.8. The highest BCUT2D eigenvalue weighted by Gasteiger charge is 2.48. The first kappa shape index (κ1) is 22.5. The van der Waals surface area contributed by atoms with Crippen molar-refractivity contribution in [2.45, 2.75) is 29.0 Å². The van der Waals surface area contributed by atoms with Crippen LogP contribution in [0.2, 0.25) is 0 Å². The molecule has 0 heterocycles. The van der Waals surface area contributed by atoms with Gasteiger partial charge in [-0.2, -0.15) is 0 Å². The van der Waals surface area contributed by atoms with Gasteiger partial charge in [-0.15, -0.1) is 0 Å². The average Bonchev–Trinajstić information content (AvgIpc) is 2.77. The molecule has 0 radical (unpaired) electrons. The van der Waals surface area contributed by atoms with E-state index in [4.69, 9.17) is 10.8 Å². The highest BCUT2D eigenvalue weighted by molar-refractivity contribution is 7.93. The summed E-state index contributed by atoms with van der Waals surface area (Å²) in [5, 5.41) is 12.8. The van der Waals surface area contributed by atoms with E-state index in [1.54, 1.807) is 36.4 Å². The summed E-state index contributed by atoms with van der Waals surface area (Å²) in [7, 11) is -4.41. The minimum Gasteiger partial charge on any atom is -0.481 e. The van der Waals surface area contributed by atoms with Gasteiger partial charge in [0.25, 0.3) is 5.91 Å². The maximum atomic E-state index is 13.6. The molecule has 7 nitrogen and oxygen atoms in total. The molecule has 0 bridgehead atoms. The average molecular weight is 441 g/mol. The number of carbonyl (C=O) groups excluding carboxylic acids is 1. The van der Waals surface area contributed by atoms with Gasteiger partial charge in [0, 0.05) is 18.4 Å². The van der Waals surface area contributed by atoms with Crippen LogP contribution in [0, 0.1) is 0 Å². The van der Waals surface area contributed by atoms with Crippen LogP contribution in [0.25, 0.3) is 10.8 Å². The van der Waals surface area contributed by atoms with Crippen LogP contribution in [0.4, 0.5) is 0 Å². The van der Waals surface area contributed by atoms with Gasteiger partial charge in [-0.3, -0.25) is 9.59 Å². The van der Waals surface area contributed by atoms with E-state index in [2.05, 4.69) is 5.32 Å². The molecule has 31 heavy (non-hydrogen) atoms. The molecular formula is C23H24N2O5S. The number of rotatable bonds is 9. The molecule has 0 aromatic heterocycles. The number of sulfone groups is 1. The molecule has 162 valence electrons. The molecule has 0 saturated heterocycles. The Balaban J connectivity index is 1.94. The number of amides is 1. The van der Waals surface area contributed by atoms with Crippen molar-refractivity contribution in [2.75, 3.05) is 6.54 Å². The Morgan fingerprint density at radius 1 is 0.935 bits per heavy atom. The van der Waals surface area contributed by atoms with Crippen molar-refractivity contribution < 1.29 is 23.1 Å². The van der Waals surface area contributed by atoms with E-state index in [9.17, 15) is 18.0 Å². The van der Waals surface area contributed by atoms with E-state index < -0.39 is 39.4 Å². The predicted molar refractivity (Wildman–Crippen MR) is 118 cm³/mol. The molecule has 3 rings (SSSR count). The summed E-state index contributed by atoms with van der Waals surface area (Å²) in [6, 6.07) is 20.9. The summed E-state index contributed by atoms with van der Waals surface area (Å²) in [5.74, 6) is -2.15. The van der Waals surface area contributed by atoms with Gasteiger partial charge in [0.2, 0.25) is 14.7 Å². The number of benzene rings is 3. The van der Waals surface area contributed by atoms with E-state index in [0.717, 1.165) is 5.56 Å². The Morgan fingerprint density at radius 2 is 1.58 bits per heavy atom. The molecule has 1 amide bonds. The molecular weight excluding hydrogens is 416 g/mol. The number of hydrogen-bond donors (Lipinski definition) is 3. The third-order valence-electron chi connectivity index (χ3n) is 5.16. The Bertz CT molecular complexity index is 1190. The van der Waals surface area contributed by atoms with Gasteiger partial charge in [-0.1, -0.05) is 66.7 Å². The van der Waals surface area contributed by atoms with E-state index in [1.165, 1.54) is 6.07 Å². The van der Waals surface area contributed by atoms with Crippen LogP contribution in [-0.2, 0) is 25.8 Å². The van der Waals surface area contributed by atoms with E-state index in [1.807, 2.05) is 30.3 Å². The zero-order valence-corrected chi connectivity index (χ0v) is 17.6. The largest absolute Gasteiger partial charge is 0.481 e. The van der Waals surface area contributed by atoms with Gasteiger partial charge < -0.3 is 16.2 Å².